The second-order valence-corrected chi connectivity index (χ2v) is 4.55. The summed E-state index contributed by atoms with van der Waals surface area (Å²) < 4.78 is 9.12. The first-order valence-electron chi connectivity index (χ1n) is 5.63. The standard InChI is InChI=1S/C13H14O5S/c1-3-18-13(16)12(15)10-8-7-9(19-10)5-4-6-11(14)17-2/h4-5,7-8H,3,6H2,1-2H3. The molecule has 0 aliphatic carbocycles. The molecule has 0 saturated heterocycles. The molecule has 1 rings (SSSR count). The number of methoxy groups -OCH3 is 1. The van der Waals surface area contributed by atoms with Gasteiger partial charge >= 0.3 is 11.9 Å². The summed E-state index contributed by atoms with van der Waals surface area (Å²) in [6, 6.07) is 3.26. The van der Waals surface area contributed by atoms with Crippen molar-refractivity contribution in [3.05, 3.63) is 28.0 Å². The van der Waals surface area contributed by atoms with Crippen LogP contribution in [0.5, 0.6) is 0 Å². The van der Waals surface area contributed by atoms with Crippen LogP contribution < -0.4 is 0 Å². The van der Waals surface area contributed by atoms with Crippen molar-refractivity contribution in [2.45, 2.75) is 13.3 Å². The topological polar surface area (TPSA) is 69.7 Å². The first-order valence-corrected chi connectivity index (χ1v) is 6.44. The molecule has 102 valence electrons. The summed E-state index contributed by atoms with van der Waals surface area (Å²) >= 11 is 1.17. The van der Waals surface area contributed by atoms with E-state index in [0.29, 0.717) is 4.88 Å². The highest BCUT2D eigenvalue weighted by Gasteiger charge is 2.18. The molecule has 0 unspecified atom stereocenters. The normalized spacial score (nSPS) is 10.4. The van der Waals surface area contributed by atoms with E-state index in [-0.39, 0.29) is 19.0 Å². The van der Waals surface area contributed by atoms with Gasteiger partial charge in [0.05, 0.1) is 25.0 Å². The van der Waals surface area contributed by atoms with Gasteiger partial charge in [-0.1, -0.05) is 6.08 Å². The molecule has 0 aliphatic heterocycles. The Labute approximate surface area is 114 Å². The molecule has 0 aliphatic rings. The van der Waals surface area contributed by atoms with Crippen molar-refractivity contribution in [2.24, 2.45) is 0 Å². The van der Waals surface area contributed by atoms with E-state index in [1.807, 2.05) is 0 Å². The van der Waals surface area contributed by atoms with Crippen LogP contribution in [0.25, 0.3) is 6.08 Å². The minimum atomic E-state index is -0.852. The molecule has 1 aromatic rings. The number of Topliss-reactive ketones (excluding diaryl/α,β-unsaturated/α-hetero) is 1. The summed E-state index contributed by atoms with van der Waals surface area (Å²) in [7, 11) is 1.32. The van der Waals surface area contributed by atoms with Gasteiger partial charge in [-0.15, -0.1) is 11.3 Å². The number of carbonyl (C=O) groups excluding carboxylic acids is 3. The smallest absolute Gasteiger partial charge is 0.380 e. The van der Waals surface area contributed by atoms with Crippen LogP contribution in [-0.4, -0.2) is 31.4 Å². The summed E-state index contributed by atoms with van der Waals surface area (Å²) in [6.07, 6.45) is 3.50. The van der Waals surface area contributed by atoms with Crippen molar-refractivity contribution < 1.29 is 23.9 Å². The molecule has 0 amide bonds. The Morgan fingerprint density at radius 1 is 1.32 bits per heavy atom. The van der Waals surface area contributed by atoms with Crippen LogP contribution in [0.15, 0.2) is 18.2 Å². The SMILES string of the molecule is CCOC(=O)C(=O)c1ccc(C=CCC(=O)OC)s1. The number of rotatable bonds is 6. The maximum atomic E-state index is 11.6. The van der Waals surface area contributed by atoms with Crippen LogP contribution in [0, 0.1) is 0 Å². The second-order valence-electron chi connectivity index (χ2n) is 3.43. The molecule has 0 saturated carbocycles. The van der Waals surface area contributed by atoms with Crippen molar-refractivity contribution in [1.29, 1.82) is 0 Å². The quantitative estimate of drug-likeness (QED) is 0.454. The number of thiophene rings is 1. The summed E-state index contributed by atoms with van der Waals surface area (Å²) in [6.45, 7) is 1.81. The second kappa shape index (κ2) is 7.48. The van der Waals surface area contributed by atoms with Crippen molar-refractivity contribution in [3.63, 3.8) is 0 Å². The van der Waals surface area contributed by atoms with E-state index < -0.39 is 11.8 Å². The van der Waals surface area contributed by atoms with Gasteiger partial charge in [0.25, 0.3) is 5.78 Å². The maximum absolute atomic E-state index is 11.6. The highest BCUT2D eigenvalue weighted by Crippen LogP contribution is 2.19. The third-order valence-electron chi connectivity index (χ3n) is 2.11. The Morgan fingerprint density at radius 3 is 2.68 bits per heavy atom. The number of esters is 2. The number of hydrogen-bond donors (Lipinski definition) is 0. The summed E-state index contributed by atoms with van der Waals surface area (Å²) in [5, 5.41) is 0. The van der Waals surface area contributed by atoms with Gasteiger partial charge in [-0.3, -0.25) is 9.59 Å². The largest absolute Gasteiger partial charge is 0.469 e. The first-order chi connectivity index (χ1) is 9.08. The van der Waals surface area contributed by atoms with E-state index in [1.54, 1.807) is 31.2 Å². The van der Waals surface area contributed by atoms with Gasteiger partial charge in [0, 0.05) is 4.88 Å². The highest BCUT2D eigenvalue weighted by atomic mass is 32.1. The lowest BCUT2D eigenvalue weighted by atomic mass is 10.3. The predicted octanol–water partition coefficient (Wildman–Crippen LogP) is 2.07. The van der Waals surface area contributed by atoms with Gasteiger partial charge in [-0.05, 0) is 25.1 Å². The summed E-state index contributed by atoms with van der Waals surface area (Å²) in [5.41, 5.74) is 0. The zero-order chi connectivity index (χ0) is 14.3. The fourth-order valence-corrected chi connectivity index (χ4v) is 2.08. The van der Waals surface area contributed by atoms with Crippen molar-refractivity contribution >= 4 is 35.1 Å². The van der Waals surface area contributed by atoms with Crippen molar-refractivity contribution in [3.8, 4) is 0 Å². The van der Waals surface area contributed by atoms with Crippen LogP contribution in [0.2, 0.25) is 0 Å². The Hall–Kier alpha value is -1.95. The minimum absolute atomic E-state index is 0.162. The fourth-order valence-electron chi connectivity index (χ4n) is 1.22. The molecule has 1 heterocycles. The Kier molecular flexibility index (Phi) is 5.95. The number of ketones is 1. The molecule has 0 radical (unpaired) electrons. The van der Waals surface area contributed by atoms with Crippen LogP contribution in [-0.2, 0) is 19.1 Å². The van der Waals surface area contributed by atoms with Crippen LogP contribution >= 0.6 is 11.3 Å². The molecule has 6 heteroatoms. The van der Waals surface area contributed by atoms with Gasteiger partial charge in [0.2, 0.25) is 0 Å². The van der Waals surface area contributed by atoms with Crippen molar-refractivity contribution in [2.75, 3.05) is 13.7 Å². The summed E-state index contributed by atoms with van der Waals surface area (Å²) in [5.74, 6) is -1.84. The molecule has 0 fully saturated rings. The molecular formula is C13H14O5S. The van der Waals surface area contributed by atoms with Gasteiger partial charge in [-0.25, -0.2) is 4.79 Å². The van der Waals surface area contributed by atoms with E-state index in [9.17, 15) is 14.4 Å². The minimum Gasteiger partial charge on any atom is -0.469 e. The lowest BCUT2D eigenvalue weighted by Gasteiger charge is -1.97. The molecule has 0 aromatic carbocycles. The molecule has 0 N–H and O–H groups in total. The number of carbonyl (C=O) groups is 3. The van der Waals surface area contributed by atoms with Crippen LogP contribution in [0.3, 0.4) is 0 Å². The molecule has 19 heavy (non-hydrogen) atoms. The first kappa shape index (κ1) is 15.1. The third-order valence-corrected chi connectivity index (χ3v) is 3.15. The molecule has 1 aromatic heterocycles. The van der Waals surface area contributed by atoms with E-state index in [2.05, 4.69) is 9.47 Å². The van der Waals surface area contributed by atoms with Gasteiger partial charge < -0.3 is 9.47 Å². The lowest BCUT2D eigenvalue weighted by molar-refractivity contribution is -0.139. The van der Waals surface area contributed by atoms with Crippen molar-refractivity contribution in [1.82, 2.24) is 0 Å². The highest BCUT2D eigenvalue weighted by molar-refractivity contribution is 7.15. The Morgan fingerprint density at radius 2 is 2.05 bits per heavy atom. The van der Waals surface area contributed by atoms with Gasteiger partial charge in [-0.2, -0.15) is 0 Å². The number of hydrogen-bond acceptors (Lipinski definition) is 6. The number of ether oxygens (including phenoxy) is 2. The average molecular weight is 282 g/mol. The van der Waals surface area contributed by atoms with Crippen LogP contribution in [0.4, 0.5) is 0 Å². The molecule has 0 bridgehead atoms. The zero-order valence-corrected chi connectivity index (χ0v) is 11.5. The maximum Gasteiger partial charge on any atom is 0.380 e. The molecule has 0 spiro atoms. The molecule has 5 nitrogen and oxygen atoms in total. The average Bonchev–Trinajstić information content (AvgIpc) is 2.86. The molecular weight excluding hydrogens is 268 g/mol. The van der Waals surface area contributed by atoms with E-state index in [1.165, 1.54) is 18.4 Å². The van der Waals surface area contributed by atoms with E-state index in [0.717, 1.165) is 4.88 Å². The summed E-state index contributed by atoms with van der Waals surface area (Å²) in [4.78, 5) is 34.8. The fraction of sp³-hybridized carbons (Fsp3) is 0.308. The van der Waals surface area contributed by atoms with E-state index >= 15 is 0 Å². The molecule has 0 atom stereocenters. The Bertz CT molecular complexity index is 501. The van der Waals surface area contributed by atoms with Gasteiger partial charge in [0.15, 0.2) is 0 Å². The third kappa shape index (κ3) is 4.67. The Balaban J connectivity index is 2.64. The van der Waals surface area contributed by atoms with E-state index in [4.69, 9.17) is 0 Å². The lowest BCUT2D eigenvalue weighted by Crippen LogP contribution is -2.16. The van der Waals surface area contributed by atoms with Crippen LogP contribution in [0.1, 0.15) is 27.9 Å². The monoisotopic (exact) mass is 282 g/mol. The predicted molar refractivity (Wildman–Crippen MR) is 70.9 cm³/mol. The zero-order valence-electron chi connectivity index (χ0n) is 10.7. The van der Waals surface area contributed by atoms with Gasteiger partial charge in [0.1, 0.15) is 0 Å².